The predicted molar refractivity (Wildman–Crippen MR) is 75.8 cm³/mol. The van der Waals surface area contributed by atoms with Gasteiger partial charge >= 0.3 is 0 Å². The molecule has 18 heavy (non-hydrogen) atoms. The molecule has 0 heterocycles. The molecule has 1 aromatic carbocycles. The molecular weight excluding hydrogens is 226 g/mol. The van der Waals surface area contributed by atoms with Crippen molar-refractivity contribution < 1.29 is 4.74 Å². The minimum atomic E-state index is 0.779. The molecule has 1 aromatic rings. The molecule has 0 unspecified atom stereocenters. The maximum absolute atomic E-state index is 5.28. The lowest BCUT2D eigenvalue weighted by Crippen LogP contribution is -2.37. The monoisotopic (exact) mass is 249 g/mol. The lowest BCUT2D eigenvalue weighted by Gasteiger charge is -2.11. The van der Waals surface area contributed by atoms with Gasteiger partial charge in [0.1, 0.15) is 0 Å². The summed E-state index contributed by atoms with van der Waals surface area (Å²) in [6.07, 6.45) is 0.986. The van der Waals surface area contributed by atoms with E-state index >= 15 is 0 Å². The van der Waals surface area contributed by atoms with Crippen LogP contribution < -0.4 is 10.6 Å². The van der Waals surface area contributed by atoms with Crippen molar-refractivity contribution in [2.75, 3.05) is 26.8 Å². The minimum Gasteiger partial charge on any atom is -0.382 e. The van der Waals surface area contributed by atoms with Gasteiger partial charge in [-0.15, -0.1) is 0 Å². The van der Waals surface area contributed by atoms with Gasteiger partial charge in [-0.25, -0.2) is 0 Å². The maximum Gasteiger partial charge on any atom is 0.191 e. The van der Waals surface area contributed by atoms with Crippen molar-refractivity contribution in [3.05, 3.63) is 35.9 Å². The highest BCUT2D eigenvalue weighted by atomic mass is 16.5. The Labute approximate surface area is 109 Å². The van der Waals surface area contributed by atoms with E-state index in [4.69, 9.17) is 4.74 Å². The van der Waals surface area contributed by atoms with Crippen LogP contribution >= 0.6 is 0 Å². The van der Waals surface area contributed by atoms with Gasteiger partial charge in [-0.2, -0.15) is 0 Å². The first-order chi connectivity index (χ1) is 8.86. The number of benzene rings is 1. The first-order valence-electron chi connectivity index (χ1n) is 6.43. The van der Waals surface area contributed by atoms with Crippen LogP contribution in [-0.4, -0.2) is 32.8 Å². The zero-order chi connectivity index (χ0) is 13.1. The molecule has 0 atom stereocenters. The fourth-order valence-electron chi connectivity index (χ4n) is 1.53. The van der Waals surface area contributed by atoms with Crippen LogP contribution in [0, 0.1) is 0 Å². The van der Waals surface area contributed by atoms with Crippen LogP contribution in [0.4, 0.5) is 0 Å². The number of nitrogens with zero attached hydrogens (tertiary/aromatic N) is 1. The summed E-state index contributed by atoms with van der Waals surface area (Å²) in [5.41, 5.74) is 1.25. The third-order valence-corrected chi connectivity index (χ3v) is 2.49. The number of aliphatic imine (C=N–C) groups is 1. The van der Waals surface area contributed by atoms with Crippen LogP contribution in [0.5, 0.6) is 0 Å². The Morgan fingerprint density at radius 2 is 2.00 bits per heavy atom. The van der Waals surface area contributed by atoms with Crippen LogP contribution in [0.25, 0.3) is 0 Å². The fourth-order valence-corrected chi connectivity index (χ4v) is 1.53. The quantitative estimate of drug-likeness (QED) is 0.440. The standard InChI is InChI=1S/C14H23N3O/c1-3-18-11-7-10-16-14(15-2)17-12-13-8-5-4-6-9-13/h4-6,8-9H,3,7,10-12H2,1-2H3,(H2,15,16,17). The smallest absolute Gasteiger partial charge is 0.191 e. The van der Waals surface area contributed by atoms with E-state index in [-0.39, 0.29) is 0 Å². The summed E-state index contributed by atoms with van der Waals surface area (Å²) in [7, 11) is 1.78. The first kappa shape index (κ1) is 14.5. The summed E-state index contributed by atoms with van der Waals surface area (Å²) in [5.74, 6) is 0.829. The Hall–Kier alpha value is -1.55. The second-order valence-electron chi connectivity index (χ2n) is 3.89. The molecule has 0 radical (unpaired) electrons. The summed E-state index contributed by atoms with van der Waals surface area (Å²) in [5, 5.41) is 6.53. The molecule has 4 heteroatoms. The Balaban J connectivity index is 2.18. The summed E-state index contributed by atoms with van der Waals surface area (Å²) in [6, 6.07) is 10.3. The Bertz CT molecular complexity index is 338. The Kier molecular flexibility index (Phi) is 7.64. The van der Waals surface area contributed by atoms with E-state index in [9.17, 15) is 0 Å². The van der Waals surface area contributed by atoms with E-state index in [0.717, 1.165) is 38.7 Å². The summed E-state index contributed by atoms with van der Waals surface area (Å²) in [6.45, 7) is 5.23. The molecule has 4 nitrogen and oxygen atoms in total. The van der Waals surface area contributed by atoms with E-state index in [2.05, 4.69) is 27.8 Å². The molecule has 0 spiro atoms. The summed E-state index contributed by atoms with van der Waals surface area (Å²) < 4.78 is 5.28. The van der Waals surface area contributed by atoms with Gasteiger partial charge in [0.25, 0.3) is 0 Å². The van der Waals surface area contributed by atoms with E-state index in [1.165, 1.54) is 5.56 Å². The van der Waals surface area contributed by atoms with Crippen LogP contribution in [0.2, 0.25) is 0 Å². The highest BCUT2D eigenvalue weighted by Crippen LogP contribution is 1.96. The van der Waals surface area contributed by atoms with Crippen LogP contribution in [0.1, 0.15) is 18.9 Å². The zero-order valence-corrected chi connectivity index (χ0v) is 11.3. The molecule has 0 amide bonds. The largest absolute Gasteiger partial charge is 0.382 e. The maximum atomic E-state index is 5.28. The number of guanidine groups is 1. The molecular formula is C14H23N3O. The van der Waals surface area contributed by atoms with Gasteiger partial charge in [-0.3, -0.25) is 4.99 Å². The molecule has 0 bridgehead atoms. The van der Waals surface area contributed by atoms with Crippen molar-refractivity contribution in [3.8, 4) is 0 Å². The highest BCUT2D eigenvalue weighted by Gasteiger charge is 1.97. The van der Waals surface area contributed by atoms with Crippen molar-refractivity contribution in [1.29, 1.82) is 0 Å². The molecule has 0 fully saturated rings. The van der Waals surface area contributed by atoms with Gasteiger partial charge < -0.3 is 15.4 Å². The van der Waals surface area contributed by atoms with Gasteiger partial charge in [0.05, 0.1) is 0 Å². The number of hydrogen-bond acceptors (Lipinski definition) is 2. The van der Waals surface area contributed by atoms with Crippen molar-refractivity contribution in [3.63, 3.8) is 0 Å². The molecule has 0 saturated carbocycles. The zero-order valence-electron chi connectivity index (χ0n) is 11.3. The summed E-state index contributed by atoms with van der Waals surface area (Å²) in [4.78, 5) is 4.17. The minimum absolute atomic E-state index is 0.779. The number of hydrogen-bond donors (Lipinski definition) is 2. The number of ether oxygens (including phenoxy) is 1. The molecule has 1 rings (SSSR count). The van der Waals surface area contributed by atoms with Crippen LogP contribution in [-0.2, 0) is 11.3 Å². The van der Waals surface area contributed by atoms with E-state index < -0.39 is 0 Å². The summed E-state index contributed by atoms with van der Waals surface area (Å²) >= 11 is 0. The lowest BCUT2D eigenvalue weighted by molar-refractivity contribution is 0.145. The first-order valence-corrected chi connectivity index (χ1v) is 6.43. The van der Waals surface area contributed by atoms with Gasteiger partial charge in [0.2, 0.25) is 0 Å². The molecule has 0 aliphatic carbocycles. The molecule has 100 valence electrons. The number of rotatable bonds is 7. The van der Waals surface area contributed by atoms with Crippen LogP contribution in [0.3, 0.4) is 0 Å². The van der Waals surface area contributed by atoms with E-state index in [0.29, 0.717) is 0 Å². The second-order valence-corrected chi connectivity index (χ2v) is 3.89. The molecule has 2 N–H and O–H groups in total. The van der Waals surface area contributed by atoms with Crippen LogP contribution in [0.15, 0.2) is 35.3 Å². The topological polar surface area (TPSA) is 45.6 Å². The van der Waals surface area contributed by atoms with Gasteiger partial charge in [0.15, 0.2) is 5.96 Å². The third-order valence-electron chi connectivity index (χ3n) is 2.49. The average molecular weight is 249 g/mol. The highest BCUT2D eigenvalue weighted by molar-refractivity contribution is 5.79. The van der Waals surface area contributed by atoms with E-state index in [1.807, 2.05) is 25.1 Å². The normalized spacial score (nSPS) is 11.3. The fraction of sp³-hybridized carbons (Fsp3) is 0.500. The Morgan fingerprint density at radius 3 is 2.67 bits per heavy atom. The average Bonchev–Trinajstić information content (AvgIpc) is 2.43. The second kappa shape index (κ2) is 9.48. The Morgan fingerprint density at radius 1 is 1.22 bits per heavy atom. The molecule has 0 saturated heterocycles. The SMILES string of the molecule is CCOCCCNC(=NC)NCc1ccccc1. The lowest BCUT2D eigenvalue weighted by atomic mass is 10.2. The molecule has 0 aliphatic rings. The van der Waals surface area contributed by atoms with Gasteiger partial charge in [-0.05, 0) is 18.9 Å². The van der Waals surface area contributed by atoms with Crippen molar-refractivity contribution in [2.24, 2.45) is 4.99 Å². The molecule has 0 aliphatic heterocycles. The van der Waals surface area contributed by atoms with Crippen molar-refractivity contribution in [1.82, 2.24) is 10.6 Å². The van der Waals surface area contributed by atoms with Gasteiger partial charge in [0, 0.05) is 33.4 Å². The van der Waals surface area contributed by atoms with Crippen molar-refractivity contribution in [2.45, 2.75) is 19.9 Å². The van der Waals surface area contributed by atoms with E-state index in [1.54, 1.807) is 7.05 Å². The molecule has 0 aromatic heterocycles. The predicted octanol–water partition coefficient (Wildman–Crippen LogP) is 1.78. The van der Waals surface area contributed by atoms with Gasteiger partial charge in [-0.1, -0.05) is 30.3 Å². The third kappa shape index (κ3) is 6.25. The number of nitrogens with one attached hydrogen (secondary N) is 2. The van der Waals surface area contributed by atoms with Crippen molar-refractivity contribution >= 4 is 5.96 Å².